The zero-order valence-corrected chi connectivity index (χ0v) is 27.0. The van der Waals surface area contributed by atoms with Gasteiger partial charge in [-0.1, -0.05) is 121 Å². The molecule has 0 radical (unpaired) electrons. The summed E-state index contributed by atoms with van der Waals surface area (Å²) >= 11 is 2.02. The van der Waals surface area contributed by atoms with Crippen molar-refractivity contribution in [1.29, 1.82) is 0 Å². The monoisotopic (exact) mass is 616 g/mol. The second-order valence-corrected chi connectivity index (χ2v) is 14.5. The Hall–Kier alpha value is -3.26. The van der Waals surface area contributed by atoms with Crippen LogP contribution in [0.1, 0.15) is 22.3 Å². The van der Waals surface area contributed by atoms with Gasteiger partial charge in [-0.3, -0.25) is 24.4 Å². The van der Waals surface area contributed by atoms with Crippen LogP contribution in [-0.4, -0.2) is 76.4 Å². The number of hydrogen-bond acceptors (Lipinski definition) is 6. The van der Waals surface area contributed by atoms with Crippen molar-refractivity contribution >= 4 is 17.5 Å². The minimum Gasteiger partial charge on any atom is -0.298 e. The van der Waals surface area contributed by atoms with Crippen molar-refractivity contribution in [1.82, 2.24) is 19.6 Å². The van der Waals surface area contributed by atoms with Gasteiger partial charge in [0, 0.05) is 63.9 Å². The average molecular weight is 617 g/mol. The van der Waals surface area contributed by atoms with Gasteiger partial charge in [-0.25, -0.2) is 0 Å². The van der Waals surface area contributed by atoms with Gasteiger partial charge in [0.25, 0.3) is 0 Å². The molecular weight excluding hydrogens is 573 g/mol. The molecule has 0 amide bonds. The molecule has 0 saturated carbocycles. The van der Waals surface area contributed by atoms with Crippen LogP contribution < -0.4 is 0 Å². The first-order valence-electron chi connectivity index (χ1n) is 16.3. The smallest absolute Gasteiger partial charge is 0.151 e. The van der Waals surface area contributed by atoms with E-state index in [2.05, 4.69) is 141 Å². The number of benzene rings is 4. The van der Waals surface area contributed by atoms with E-state index < -0.39 is 10.8 Å². The lowest BCUT2D eigenvalue weighted by Crippen LogP contribution is -2.69. The Bertz CT molecular complexity index is 1320. The largest absolute Gasteiger partial charge is 0.298 e. The van der Waals surface area contributed by atoms with Gasteiger partial charge in [0.15, 0.2) is 5.78 Å². The summed E-state index contributed by atoms with van der Waals surface area (Å²) in [6.45, 7) is 8.45. The van der Waals surface area contributed by atoms with E-state index in [1.165, 1.54) is 22.3 Å². The van der Waals surface area contributed by atoms with E-state index in [0.29, 0.717) is 5.78 Å². The van der Waals surface area contributed by atoms with Gasteiger partial charge >= 0.3 is 0 Å². The summed E-state index contributed by atoms with van der Waals surface area (Å²) in [7, 11) is 0. The molecule has 2 spiro atoms. The third-order valence-electron chi connectivity index (χ3n) is 9.62. The molecule has 0 N–H and O–H groups in total. The van der Waals surface area contributed by atoms with Crippen molar-refractivity contribution in [3.63, 3.8) is 0 Å². The van der Waals surface area contributed by atoms with Crippen molar-refractivity contribution in [3.8, 4) is 0 Å². The van der Waals surface area contributed by atoms with Gasteiger partial charge in [-0.15, -0.1) is 0 Å². The Morgan fingerprint density at radius 3 is 0.978 bits per heavy atom. The summed E-state index contributed by atoms with van der Waals surface area (Å²) in [4.78, 5) is 25.5. The van der Waals surface area contributed by atoms with Gasteiger partial charge in [-0.2, -0.15) is 11.8 Å². The average Bonchev–Trinajstić information content (AvgIpc) is 3.05. The van der Waals surface area contributed by atoms with E-state index in [9.17, 15) is 0 Å². The molecule has 4 aromatic carbocycles. The number of carbonyl (C=O) groups is 1. The molecule has 3 saturated heterocycles. The van der Waals surface area contributed by atoms with Crippen LogP contribution in [-0.2, 0) is 31.0 Å². The number of nitrogens with zero attached hydrogens (tertiary/aromatic N) is 4. The van der Waals surface area contributed by atoms with Gasteiger partial charge in [0.1, 0.15) is 0 Å². The Kier molecular flexibility index (Phi) is 9.20. The standard InChI is InChI=1S/C39H44N4OS/c44-37-38(25-40(21-33-13-5-1-6-14-33)31-41(26-38)22-34-15-7-2-8-16-34)29-45-30-39(37)27-42(23-35-17-9-3-10-18-35)32-43(28-39)24-36-19-11-4-12-20-36/h1-20H,21-32H2. The quantitative estimate of drug-likeness (QED) is 0.233. The van der Waals surface area contributed by atoms with Crippen LogP contribution in [0.2, 0.25) is 0 Å². The second-order valence-electron chi connectivity index (χ2n) is 13.6. The minimum absolute atomic E-state index is 0.404. The van der Waals surface area contributed by atoms with Crippen molar-refractivity contribution in [2.45, 2.75) is 26.2 Å². The summed E-state index contributed by atoms with van der Waals surface area (Å²) in [5, 5.41) is 0. The van der Waals surface area contributed by atoms with Crippen molar-refractivity contribution in [2.24, 2.45) is 10.8 Å². The maximum Gasteiger partial charge on any atom is 0.151 e. The normalized spacial score (nSPS) is 20.9. The highest BCUT2D eigenvalue weighted by molar-refractivity contribution is 7.99. The molecule has 45 heavy (non-hydrogen) atoms. The molecule has 3 fully saturated rings. The van der Waals surface area contributed by atoms with E-state index in [4.69, 9.17) is 0 Å². The number of ketones is 1. The Balaban J connectivity index is 1.19. The maximum atomic E-state index is 15.4. The summed E-state index contributed by atoms with van der Waals surface area (Å²) in [5.74, 6) is 2.27. The van der Waals surface area contributed by atoms with Crippen LogP contribution in [0.15, 0.2) is 121 Å². The predicted octanol–water partition coefficient (Wildman–Crippen LogP) is 6.23. The topological polar surface area (TPSA) is 30.0 Å². The van der Waals surface area contributed by atoms with Gasteiger partial charge < -0.3 is 0 Å². The Morgan fingerprint density at radius 2 is 0.711 bits per heavy atom. The molecule has 6 heteroatoms. The van der Waals surface area contributed by atoms with Crippen LogP contribution in [0.5, 0.6) is 0 Å². The van der Waals surface area contributed by atoms with Crippen LogP contribution in [0.3, 0.4) is 0 Å². The molecule has 232 valence electrons. The number of rotatable bonds is 8. The number of thioether (sulfide) groups is 1. The first-order valence-corrected chi connectivity index (χ1v) is 17.4. The fraction of sp³-hybridized carbons (Fsp3) is 0.359. The summed E-state index contributed by atoms with van der Waals surface area (Å²) in [6, 6.07) is 43.0. The molecule has 0 bridgehead atoms. The summed E-state index contributed by atoms with van der Waals surface area (Å²) in [6.07, 6.45) is 0. The Morgan fingerprint density at radius 1 is 0.444 bits per heavy atom. The number of carbonyl (C=O) groups excluding carboxylic acids is 1. The van der Waals surface area contributed by atoms with Crippen molar-refractivity contribution in [3.05, 3.63) is 144 Å². The molecule has 0 aliphatic carbocycles. The molecule has 4 aromatic rings. The van der Waals surface area contributed by atoms with Gasteiger partial charge in [0.2, 0.25) is 0 Å². The highest BCUT2D eigenvalue weighted by atomic mass is 32.2. The first kappa shape index (κ1) is 30.4. The lowest BCUT2D eigenvalue weighted by molar-refractivity contribution is -0.152. The summed E-state index contributed by atoms with van der Waals surface area (Å²) in [5.41, 5.74) is 4.42. The molecule has 5 nitrogen and oxygen atoms in total. The SMILES string of the molecule is O=C1C2(CSCC13CN(Cc1ccccc1)CN(Cc1ccccc1)C3)CN(Cc1ccccc1)CN(Cc1ccccc1)C2. The highest BCUT2D eigenvalue weighted by Crippen LogP contribution is 2.47. The lowest BCUT2D eigenvalue weighted by Gasteiger charge is -2.56. The molecule has 0 atom stereocenters. The van der Waals surface area contributed by atoms with Gasteiger partial charge in [-0.05, 0) is 22.3 Å². The molecule has 7 rings (SSSR count). The first-order chi connectivity index (χ1) is 22.1. The van der Waals surface area contributed by atoms with E-state index in [-0.39, 0.29) is 0 Å². The third kappa shape index (κ3) is 7.11. The fourth-order valence-electron chi connectivity index (χ4n) is 7.97. The lowest BCUT2D eigenvalue weighted by atomic mass is 9.68. The maximum absolute atomic E-state index is 15.4. The molecule has 0 unspecified atom stereocenters. The minimum atomic E-state index is -0.404. The molecular formula is C39H44N4OS. The van der Waals surface area contributed by atoms with Crippen LogP contribution in [0.4, 0.5) is 0 Å². The van der Waals surface area contributed by atoms with Crippen LogP contribution in [0, 0.1) is 10.8 Å². The van der Waals surface area contributed by atoms with E-state index in [0.717, 1.165) is 77.2 Å². The van der Waals surface area contributed by atoms with E-state index in [1.807, 2.05) is 11.8 Å². The molecule has 3 heterocycles. The number of Topliss-reactive ketones (excluding diaryl/α,β-unsaturated/α-hetero) is 1. The summed E-state index contributed by atoms with van der Waals surface area (Å²) < 4.78 is 0. The molecule has 3 aliphatic rings. The highest BCUT2D eigenvalue weighted by Gasteiger charge is 2.58. The van der Waals surface area contributed by atoms with E-state index >= 15 is 4.79 Å². The van der Waals surface area contributed by atoms with Gasteiger partial charge in [0.05, 0.1) is 24.2 Å². The number of hydrogen-bond donors (Lipinski definition) is 0. The molecule has 0 aromatic heterocycles. The second kappa shape index (κ2) is 13.6. The predicted molar refractivity (Wildman–Crippen MR) is 184 cm³/mol. The van der Waals surface area contributed by atoms with Crippen molar-refractivity contribution in [2.75, 3.05) is 51.0 Å². The van der Waals surface area contributed by atoms with Crippen molar-refractivity contribution < 1.29 is 4.79 Å². The third-order valence-corrected chi connectivity index (χ3v) is 11.1. The fourth-order valence-corrected chi connectivity index (χ4v) is 9.48. The van der Waals surface area contributed by atoms with E-state index in [1.54, 1.807) is 0 Å². The van der Waals surface area contributed by atoms with Crippen LogP contribution >= 0.6 is 11.8 Å². The Labute approximate surface area is 272 Å². The zero-order chi connectivity index (χ0) is 30.5. The van der Waals surface area contributed by atoms with Crippen LogP contribution in [0.25, 0.3) is 0 Å². The zero-order valence-electron chi connectivity index (χ0n) is 26.1. The molecule has 3 aliphatic heterocycles.